The maximum atomic E-state index is 11.7. The van der Waals surface area contributed by atoms with E-state index in [1.807, 2.05) is 32.9 Å². The average Bonchev–Trinajstić information content (AvgIpc) is 2.89. The Kier molecular flexibility index (Phi) is 4.57. The highest BCUT2D eigenvalue weighted by Gasteiger charge is 2.12. The lowest BCUT2D eigenvalue weighted by atomic mass is 10.2. The Morgan fingerprint density at radius 3 is 2.71 bits per heavy atom. The number of nitrogens with zero attached hydrogens (tertiary/aromatic N) is 2. The summed E-state index contributed by atoms with van der Waals surface area (Å²) in [7, 11) is 0. The number of amides is 1. The van der Waals surface area contributed by atoms with Gasteiger partial charge in [-0.25, -0.2) is 4.98 Å². The highest BCUT2D eigenvalue weighted by atomic mass is 16.5. The van der Waals surface area contributed by atoms with Crippen molar-refractivity contribution in [2.75, 3.05) is 0 Å². The van der Waals surface area contributed by atoms with Crippen LogP contribution in [0.4, 0.5) is 0 Å². The minimum Gasteiger partial charge on any atom is -0.472 e. The van der Waals surface area contributed by atoms with E-state index in [1.165, 1.54) is 0 Å². The molecule has 1 amide bonds. The zero-order chi connectivity index (χ0) is 15.3. The van der Waals surface area contributed by atoms with Crippen molar-refractivity contribution in [3.8, 4) is 5.88 Å². The molecule has 6 heteroatoms. The van der Waals surface area contributed by atoms with Crippen molar-refractivity contribution in [1.82, 2.24) is 20.5 Å². The standard InChI is InChI=1S/C15H20N4O2/c1-15(2,3)21-14-5-4-11(10-17-14)9-16-13(20)8-12-6-7-18-19-12/h4-7,10H,8-9H2,1-3H3,(H,16,20)(H,18,19). The molecule has 2 rings (SSSR count). The third-order valence-corrected chi connectivity index (χ3v) is 2.61. The molecule has 0 aromatic carbocycles. The van der Waals surface area contributed by atoms with E-state index >= 15 is 0 Å². The van der Waals surface area contributed by atoms with Gasteiger partial charge in [-0.15, -0.1) is 0 Å². The van der Waals surface area contributed by atoms with Crippen LogP contribution < -0.4 is 10.1 Å². The van der Waals surface area contributed by atoms with Gasteiger partial charge in [-0.1, -0.05) is 6.07 Å². The summed E-state index contributed by atoms with van der Waals surface area (Å²) in [6.07, 6.45) is 3.62. The summed E-state index contributed by atoms with van der Waals surface area (Å²) in [5, 5.41) is 9.40. The van der Waals surface area contributed by atoms with E-state index in [-0.39, 0.29) is 11.5 Å². The summed E-state index contributed by atoms with van der Waals surface area (Å²) in [4.78, 5) is 16.0. The molecule has 2 aromatic rings. The van der Waals surface area contributed by atoms with E-state index < -0.39 is 0 Å². The van der Waals surface area contributed by atoms with Crippen LogP contribution in [0.25, 0.3) is 0 Å². The van der Waals surface area contributed by atoms with Crippen LogP contribution >= 0.6 is 0 Å². The first-order valence-corrected chi connectivity index (χ1v) is 6.81. The van der Waals surface area contributed by atoms with Crippen molar-refractivity contribution in [2.45, 2.75) is 39.3 Å². The van der Waals surface area contributed by atoms with Gasteiger partial charge >= 0.3 is 0 Å². The van der Waals surface area contributed by atoms with E-state index in [9.17, 15) is 4.79 Å². The Morgan fingerprint density at radius 1 is 1.33 bits per heavy atom. The van der Waals surface area contributed by atoms with Crippen molar-refractivity contribution in [1.29, 1.82) is 0 Å². The smallest absolute Gasteiger partial charge is 0.226 e. The topological polar surface area (TPSA) is 79.9 Å². The maximum Gasteiger partial charge on any atom is 0.226 e. The van der Waals surface area contributed by atoms with Gasteiger partial charge < -0.3 is 10.1 Å². The number of ether oxygens (including phenoxy) is 1. The second kappa shape index (κ2) is 6.39. The minimum absolute atomic E-state index is 0.0609. The van der Waals surface area contributed by atoms with Crippen LogP contribution in [0.15, 0.2) is 30.6 Å². The van der Waals surface area contributed by atoms with Crippen molar-refractivity contribution in [2.24, 2.45) is 0 Å². The van der Waals surface area contributed by atoms with Crippen LogP contribution in [-0.2, 0) is 17.8 Å². The number of aromatic amines is 1. The predicted molar refractivity (Wildman–Crippen MR) is 78.8 cm³/mol. The number of nitrogens with one attached hydrogen (secondary N) is 2. The number of aromatic nitrogens is 3. The number of hydrogen-bond acceptors (Lipinski definition) is 4. The zero-order valence-electron chi connectivity index (χ0n) is 12.5. The number of pyridine rings is 1. The van der Waals surface area contributed by atoms with Gasteiger partial charge in [0.05, 0.1) is 6.42 Å². The fourth-order valence-electron chi connectivity index (χ4n) is 1.71. The molecule has 0 unspecified atom stereocenters. The van der Waals surface area contributed by atoms with Gasteiger partial charge in [0.2, 0.25) is 11.8 Å². The molecule has 2 aromatic heterocycles. The molecule has 0 bridgehead atoms. The molecule has 112 valence electrons. The molecular formula is C15H20N4O2. The quantitative estimate of drug-likeness (QED) is 0.879. The number of rotatable bonds is 5. The maximum absolute atomic E-state index is 11.7. The van der Waals surface area contributed by atoms with Crippen molar-refractivity contribution < 1.29 is 9.53 Å². The minimum atomic E-state index is -0.271. The monoisotopic (exact) mass is 288 g/mol. The van der Waals surface area contributed by atoms with Crippen molar-refractivity contribution >= 4 is 5.91 Å². The van der Waals surface area contributed by atoms with Crippen LogP contribution in [0.3, 0.4) is 0 Å². The van der Waals surface area contributed by atoms with Crippen LogP contribution in [-0.4, -0.2) is 26.7 Å². The SMILES string of the molecule is CC(C)(C)Oc1ccc(CNC(=O)Cc2ccn[nH]2)cn1. The lowest BCUT2D eigenvalue weighted by molar-refractivity contribution is -0.120. The molecular weight excluding hydrogens is 268 g/mol. The molecule has 0 atom stereocenters. The molecule has 0 aliphatic carbocycles. The van der Waals surface area contributed by atoms with Gasteiger partial charge in [0, 0.05) is 30.7 Å². The summed E-state index contributed by atoms with van der Waals surface area (Å²) < 4.78 is 5.64. The normalized spacial score (nSPS) is 11.2. The second-order valence-corrected chi connectivity index (χ2v) is 5.75. The molecule has 6 nitrogen and oxygen atoms in total. The van der Waals surface area contributed by atoms with E-state index in [0.717, 1.165) is 11.3 Å². The molecule has 21 heavy (non-hydrogen) atoms. The lowest BCUT2D eigenvalue weighted by Gasteiger charge is -2.20. The summed E-state index contributed by atoms with van der Waals surface area (Å²) in [5.74, 6) is 0.518. The zero-order valence-corrected chi connectivity index (χ0v) is 12.5. The third-order valence-electron chi connectivity index (χ3n) is 2.61. The molecule has 0 saturated heterocycles. The number of hydrogen-bond donors (Lipinski definition) is 2. The van der Waals surface area contributed by atoms with E-state index in [0.29, 0.717) is 18.8 Å². The molecule has 2 heterocycles. The average molecular weight is 288 g/mol. The molecule has 0 spiro atoms. The summed E-state index contributed by atoms with van der Waals surface area (Å²) in [6, 6.07) is 5.48. The van der Waals surface area contributed by atoms with Crippen molar-refractivity contribution in [3.63, 3.8) is 0 Å². The Morgan fingerprint density at radius 2 is 2.14 bits per heavy atom. The van der Waals surface area contributed by atoms with Gasteiger partial charge in [0.1, 0.15) is 5.60 Å². The Labute approximate surface area is 123 Å². The number of H-pyrrole nitrogens is 1. The lowest BCUT2D eigenvalue weighted by Crippen LogP contribution is -2.25. The summed E-state index contributed by atoms with van der Waals surface area (Å²) >= 11 is 0. The molecule has 0 aliphatic rings. The second-order valence-electron chi connectivity index (χ2n) is 5.75. The molecule has 0 radical (unpaired) electrons. The van der Waals surface area contributed by atoms with Gasteiger partial charge in [0.25, 0.3) is 0 Å². The van der Waals surface area contributed by atoms with Crippen LogP contribution in [0.1, 0.15) is 32.0 Å². The molecule has 0 saturated carbocycles. The van der Waals surface area contributed by atoms with E-state index in [1.54, 1.807) is 18.5 Å². The van der Waals surface area contributed by atoms with Crippen LogP contribution in [0, 0.1) is 0 Å². The Balaban J connectivity index is 1.82. The van der Waals surface area contributed by atoms with Crippen molar-refractivity contribution in [3.05, 3.63) is 41.9 Å². The largest absolute Gasteiger partial charge is 0.472 e. The van der Waals surface area contributed by atoms with Gasteiger partial charge in [-0.2, -0.15) is 5.10 Å². The first-order valence-electron chi connectivity index (χ1n) is 6.81. The highest BCUT2D eigenvalue weighted by molar-refractivity contribution is 5.78. The first-order chi connectivity index (χ1) is 9.92. The summed E-state index contributed by atoms with van der Waals surface area (Å²) in [6.45, 7) is 6.35. The van der Waals surface area contributed by atoms with Crippen LogP contribution in [0.2, 0.25) is 0 Å². The number of carbonyl (C=O) groups is 1. The third kappa shape index (κ3) is 5.25. The molecule has 0 fully saturated rings. The van der Waals surface area contributed by atoms with E-state index in [2.05, 4.69) is 20.5 Å². The summed E-state index contributed by atoms with van der Waals surface area (Å²) in [5.41, 5.74) is 1.45. The van der Waals surface area contributed by atoms with Gasteiger partial charge in [-0.3, -0.25) is 9.89 Å². The van der Waals surface area contributed by atoms with E-state index in [4.69, 9.17) is 4.74 Å². The Hall–Kier alpha value is -2.37. The number of carbonyl (C=O) groups excluding carboxylic acids is 1. The fourth-order valence-corrected chi connectivity index (χ4v) is 1.71. The van der Waals surface area contributed by atoms with Gasteiger partial charge in [0.15, 0.2) is 0 Å². The Bertz CT molecular complexity index is 571. The first kappa shape index (κ1) is 15.0. The molecule has 2 N–H and O–H groups in total. The highest BCUT2D eigenvalue weighted by Crippen LogP contribution is 2.15. The van der Waals surface area contributed by atoms with Crippen LogP contribution in [0.5, 0.6) is 5.88 Å². The van der Waals surface area contributed by atoms with Gasteiger partial charge in [-0.05, 0) is 32.4 Å². The predicted octanol–water partition coefficient (Wildman–Crippen LogP) is 1.84. The fraction of sp³-hybridized carbons (Fsp3) is 0.400. The molecule has 0 aliphatic heterocycles.